The van der Waals surface area contributed by atoms with E-state index >= 15 is 0 Å². The van der Waals surface area contributed by atoms with Crippen molar-refractivity contribution in [2.24, 2.45) is 0 Å². The molecule has 0 saturated carbocycles. The Morgan fingerprint density at radius 2 is 2.05 bits per heavy atom. The van der Waals surface area contributed by atoms with Gasteiger partial charge in [0.1, 0.15) is 6.26 Å². The van der Waals surface area contributed by atoms with Crippen LogP contribution in [0.3, 0.4) is 0 Å². The monoisotopic (exact) mass is 274 g/mol. The average molecular weight is 274 g/mol. The van der Waals surface area contributed by atoms with Crippen molar-refractivity contribution in [3.05, 3.63) is 47.3 Å². The van der Waals surface area contributed by atoms with Crippen molar-refractivity contribution in [1.29, 1.82) is 0 Å². The first-order chi connectivity index (χ1) is 9.60. The van der Waals surface area contributed by atoms with Crippen LogP contribution in [0.1, 0.15) is 28.5 Å². The summed E-state index contributed by atoms with van der Waals surface area (Å²) in [6.07, 6.45) is 1.32. The Morgan fingerprint density at radius 3 is 2.70 bits per heavy atom. The fraction of sp³-hybridized carbons (Fsp3) is 0.333. The molecular formula is C15H18N2O3. The normalized spacial score (nSPS) is 10.3. The molecule has 0 saturated heterocycles. The highest BCUT2D eigenvalue weighted by atomic mass is 16.5. The molecule has 0 aliphatic carbocycles. The van der Waals surface area contributed by atoms with Gasteiger partial charge in [0.05, 0.1) is 6.61 Å². The van der Waals surface area contributed by atoms with E-state index in [0.717, 1.165) is 5.56 Å². The molecule has 0 fully saturated rings. The lowest BCUT2D eigenvalue weighted by molar-refractivity contribution is 0.0519. The molecule has 0 bridgehead atoms. The number of hydrogen-bond acceptors (Lipinski definition) is 5. The van der Waals surface area contributed by atoms with Crippen molar-refractivity contribution in [2.45, 2.75) is 20.4 Å². The van der Waals surface area contributed by atoms with E-state index < -0.39 is 5.97 Å². The summed E-state index contributed by atoms with van der Waals surface area (Å²) in [6, 6.07) is 8.63. The Balaban J connectivity index is 2.04. The molecule has 2 rings (SSSR count). The molecule has 0 atom stereocenters. The predicted molar refractivity (Wildman–Crippen MR) is 75.7 cm³/mol. The van der Waals surface area contributed by atoms with Gasteiger partial charge in [-0.2, -0.15) is 4.98 Å². The van der Waals surface area contributed by atoms with Crippen molar-refractivity contribution in [2.75, 3.05) is 18.6 Å². The average Bonchev–Trinajstić information content (AvgIpc) is 2.91. The second kappa shape index (κ2) is 6.23. The van der Waals surface area contributed by atoms with Crippen LogP contribution in [0.4, 0.5) is 6.01 Å². The van der Waals surface area contributed by atoms with Gasteiger partial charge in [0, 0.05) is 13.6 Å². The number of benzene rings is 1. The third-order valence-electron chi connectivity index (χ3n) is 2.84. The second-order valence-electron chi connectivity index (χ2n) is 4.58. The number of carbonyl (C=O) groups excluding carboxylic acids is 1. The zero-order valence-corrected chi connectivity index (χ0v) is 11.9. The Bertz CT molecular complexity index is 575. The van der Waals surface area contributed by atoms with Crippen LogP contribution in [0.15, 0.2) is 34.9 Å². The highest BCUT2D eigenvalue weighted by molar-refractivity contribution is 5.87. The van der Waals surface area contributed by atoms with Crippen molar-refractivity contribution in [3.63, 3.8) is 0 Å². The summed E-state index contributed by atoms with van der Waals surface area (Å²) in [5, 5.41) is 0. The summed E-state index contributed by atoms with van der Waals surface area (Å²) in [6.45, 7) is 4.78. The lowest BCUT2D eigenvalue weighted by Crippen LogP contribution is -2.17. The Kier molecular flexibility index (Phi) is 4.40. The first-order valence-electron chi connectivity index (χ1n) is 6.49. The number of aromatic nitrogens is 1. The Hall–Kier alpha value is -2.30. The Morgan fingerprint density at radius 1 is 1.35 bits per heavy atom. The molecule has 0 amide bonds. The predicted octanol–water partition coefficient (Wildman–Crippen LogP) is 2.80. The standard InChI is InChI=1S/C15H18N2O3/c1-4-19-14(18)13-10-20-15(16-13)17(3)9-12-7-5-11(2)6-8-12/h5-8,10H,4,9H2,1-3H3. The summed E-state index contributed by atoms with van der Waals surface area (Å²) in [4.78, 5) is 17.5. The van der Waals surface area contributed by atoms with Gasteiger partial charge in [-0.15, -0.1) is 0 Å². The van der Waals surface area contributed by atoms with Crippen LogP contribution < -0.4 is 4.90 Å². The molecule has 20 heavy (non-hydrogen) atoms. The highest BCUT2D eigenvalue weighted by Gasteiger charge is 2.15. The number of nitrogens with zero attached hydrogens (tertiary/aromatic N) is 2. The van der Waals surface area contributed by atoms with E-state index in [2.05, 4.69) is 29.2 Å². The molecule has 0 unspecified atom stereocenters. The van der Waals surface area contributed by atoms with Gasteiger partial charge in [-0.3, -0.25) is 0 Å². The number of rotatable bonds is 5. The number of anilines is 1. The molecule has 0 aliphatic rings. The maximum atomic E-state index is 11.5. The Labute approximate surface area is 118 Å². The van der Waals surface area contributed by atoms with Crippen molar-refractivity contribution in [1.82, 2.24) is 4.98 Å². The quantitative estimate of drug-likeness (QED) is 0.785. The smallest absolute Gasteiger partial charge is 0.360 e. The largest absolute Gasteiger partial charge is 0.461 e. The van der Waals surface area contributed by atoms with Crippen LogP contribution in [-0.4, -0.2) is 24.6 Å². The number of aryl methyl sites for hydroxylation is 1. The molecular weight excluding hydrogens is 256 g/mol. The molecule has 1 aromatic heterocycles. The molecule has 106 valence electrons. The molecule has 2 aromatic rings. The van der Waals surface area contributed by atoms with Crippen LogP contribution in [0.5, 0.6) is 0 Å². The minimum Gasteiger partial charge on any atom is -0.461 e. The van der Waals surface area contributed by atoms with Crippen LogP contribution in [0.2, 0.25) is 0 Å². The number of hydrogen-bond donors (Lipinski definition) is 0. The SMILES string of the molecule is CCOC(=O)c1coc(N(C)Cc2ccc(C)cc2)n1. The lowest BCUT2D eigenvalue weighted by atomic mass is 10.1. The number of oxazole rings is 1. The van der Waals surface area contributed by atoms with Crippen molar-refractivity contribution >= 4 is 12.0 Å². The molecule has 0 aliphatic heterocycles. The van der Waals surface area contributed by atoms with Crippen molar-refractivity contribution in [3.8, 4) is 0 Å². The third kappa shape index (κ3) is 3.38. The van der Waals surface area contributed by atoms with E-state index in [1.54, 1.807) is 6.92 Å². The molecule has 0 N–H and O–H groups in total. The first-order valence-corrected chi connectivity index (χ1v) is 6.49. The highest BCUT2D eigenvalue weighted by Crippen LogP contribution is 2.16. The fourth-order valence-electron chi connectivity index (χ4n) is 1.77. The van der Waals surface area contributed by atoms with Gasteiger partial charge in [-0.05, 0) is 19.4 Å². The van der Waals surface area contributed by atoms with E-state index in [1.165, 1.54) is 11.8 Å². The van der Waals surface area contributed by atoms with Gasteiger partial charge < -0.3 is 14.1 Å². The number of ether oxygens (including phenoxy) is 1. The topological polar surface area (TPSA) is 55.6 Å². The minimum atomic E-state index is -0.466. The number of esters is 1. The maximum Gasteiger partial charge on any atom is 0.360 e. The van der Waals surface area contributed by atoms with Gasteiger partial charge in [0.15, 0.2) is 5.69 Å². The van der Waals surface area contributed by atoms with Gasteiger partial charge in [-0.25, -0.2) is 4.79 Å². The summed E-state index contributed by atoms with van der Waals surface area (Å²) in [5.41, 5.74) is 2.56. The molecule has 1 aromatic carbocycles. The second-order valence-corrected chi connectivity index (χ2v) is 4.58. The lowest BCUT2D eigenvalue weighted by Gasteiger charge is -2.14. The molecule has 5 nitrogen and oxygen atoms in total. The zero-order valence-electron chi connectivity index (χ0n) is 11.9. The number of carbonyl (C=O) groups is 1. The van der Waals surface area contributed by atoms with Gasteiger partial charge >= 0.3 is 5.97 Å². The summed E-state index contributed by atoms with van der Waals surface area (Å²) < 4.78 is 10.2. The summed E-state index contributed by atoms with van der Waals surface area (Å²) in [5.74, 6) is -0.466. The summed E-state index contributed by atoms with van der Waals surface area (Å²) in [7, 11) is 1.86. The zero-order chi connectivity index (χ0) is 14.5. The first kappa shape index (κ1) is 14.1. The van der Waals surface area contributed by atoms with Gasteiger partial charge in [0.25, 0.3) is 6.01 Å². The van der Waals surface area contributed by atoms with E-state index in [1.807, 2.05) is 18.9 Å². The van der Waals surface area contributed by atoms with Crippen LogP contribution in [0, 0.1) is 6.92 Å². The van der Waals surface area contributed by atoms with Crippen LogP contribution >= 0.6 is 0 Å². The third-order valence-corrected chi connectivity index (χ3v) is 2.84. The molecule has 5 heteroatoms. The van der Waals surface area contributed by atoms with E-state index in [9.17, 15) is 4.79 Å². The van der Waals surface area contributed by atoms with Crippen LogP contribution in [0.25, 0.3) is 0 Å². The van der Waals surface area contributed by atoms with E-state index in [-0.39, 0.29) is 5.69 Å². The fourth-order valence-corrected chi connectivity index (χ4v) is 1.77. The molecule has 0 radical (unpaired) electrons. The molecule has 0 spiro atoms. The summed E-state index contributed by atoms with van der Waals surface area (Å²) >= 11 is 0. The van der Waals surface area contributed by atoms with Gasteiger partial charge in [0.2, 0.25) is 0 Å². The van der Waals surface area contributed by atoms with Crippen LogP contribution in [-0.2, 0) is 11.3 Å². The van der Waals surface area contributed by atoms with E-state index in [4.69, 9.17) is 9.15 Å². The van der Waals surface area contributed by atoms with Crippen molar-refractivity contribution < 1.29 is 13.9 Å². The van der Waals surface area contributed by atoms with Gasteiger partial charge in [-0.1, -0.05) is 29.8 Å². The minimum absolute atomic E-state index is 0.192. The van der Waals surface area contributed by atoms with E-state index in [0.29, 0.717) is 19.2 Å². The maximum absolute atomic E-state index is 11.5. The molecule has 1 heterocycles.